The lowest BCUT2D eigenvalue weighted by Gasteiger charge is -2.41. The average Bonchev–Trinajstić information content (AvgIpc) is 2.89. The number of nitrogens with one attached hydrogen (secondary N) is 2. The van der Waals surface area contributed by atoms with Crippen LogP contribution in [0.15, 0.2) is 65.8 Å². The molecule has 0 aromatic heterocycles. The van der Waals surface area contributed by atoms with Crippen molar-refractivity contribution in [1.82, 2.24) is 10.6 Å². The lowest BCUT2D eigenvalue weighted by atomic mass is 9.63. The van der Waals surface area contributed by atoms with Crippen LogP contribution in [-0.4, -0.2) is 36.1 Å². The Morgan fingerprint density at radius 3 is 2.35 bits per heavy atom. The van der Waals surface area contributed by atoms with Gasteiger partial charge in [-0.3, -0.25) is 9.59 Å². The third-order valence-electron chi connectivity index (χ3n) is 7.38. The number of allylic oxidation sites excluding steroid dienone is 2. The van der Waals surface area contributed by atoms with Gasteiger partial charge in [-0.15, -0.1) is 0 Å². The van der Waals surface area contributed by atoms with Crippen LogP contribution in [0.2, 0.25) is 0 Å². The summed E-state index contributed by atoms with van der Waals surface area (Å²) in [7, 11) is 0. The number of benzene rings is 2. The Kier molecular flexibility index (Phi) is 10.8. The molecule has 0 heterocycles. The highest BCUT2D eigenvalue weighted by Gasteiger charge is 2.48. The van der Waals surface area contributed by atoms with E-state index in [1.165, 1.54) is 17.7 Å². The molecule has 0 spiro atoms. The van der Waals surface area contributed by atoms with Gasteiger partial charge in [0.25, 0.3) is 0 Å². The first-order chi connectivity index (χ1) is 18.9. The van der Waals surface area contributed by atoms with E-state index in [1.54, 1.807) is 19.1 Å². The molecular weight excluding hydrogens is 512 g/mol. The van der Waals surface area contributed by atoms with Crippen molar-refractivity contribution < 1.29 is 23.5 Å². The van der Waals surface area contributed by atoms with Gasteiger partial charge in [-0.05, 0) is 60.9 Å². The highest BCUT2D eigenvalue weighted by atomic mass is 19.1. The SMILES string of the molecule is CCc1cccc(CNC[C@H](O)[C@@H](Cc2cc(F)cc(F)c2)C2(C(N)=O)C=C(C)C=C(C(=O)NCC(C)C)C2)c1. The van der Waals surface area contributed by atoms with Crippen molar-refractivity contribution in [3.8, 4) is 0 Å². The number of halogens is 2. The van der Waals surface area contributed by atoms with Crippen molar-refractivity contribution in [3.05, 3.63) is 94.1 Å². The van der Waals surface area contributed by atoms with E-state index in [0.717, 1.165) is 18.1 Å². The molecule has 0 saturated heterocycles. The van der Waals surface area contributed by atoms with E-state index in [2.05, 4.69) is 23.6 Å². The third kappa shape index (κ3) is 8.08. The number of aliphatic hydroxyl groups is 1. The number of aryl methyl sites for hydroxylation is 1. The molecule has 1 aliphatic carbocycles. The van der Waals surface area contributed by atoms with Gasteiger partial charge in [-0.1, -0.05) is 62.8 Å². The van der Waals surface area contributed by atoms with Crippen molar-refractivity contribution >= 4 is 11.8 Å². The van der Waals surface area contributed by atoms with Crippen molar-refractivity contribution in [2.45, 2.75) is 59.6 Å². The van der Waals surface area contributed by atoms with E-state index in [-0.39, 0.29) is 36.8 Å². The monoisotopic (exact) mass is 553 g/mol. The topological polar surface area (TPSA) is 104 Å². The highest BCUT2D eigenvalue weighted by molar-refractivity contribution is 5.96. The second-order valence-electron chi connectivity index (χ2n) is 11.2. The van der Waals surface area contributed by atoms with Crippen LogP contribution in [0.1, 0.15) is 50.8 Å². The lowest BCUT2D eigenvalue weighted by Crippen LogP contribution is -2.51. The van der Waals surface area contributed by atoms with Gasteiger partial charge in [0, 0.05) is 37.2 Å². The standard InChI is InChI=1S/C32H41F2N3O3/c1-5-22-7-6-8-23(10-22)18-36-19-29(38)28(13-24-11-26(33)14-27(34)12-24)32(31(35)40)15-21(4)9-25(16-32)30(39)37-17-20(2)3/h6-12,14-15,20,28-29,36,38H,5,13,16-19H2,1-4H3,(H2,35,40)(H,37,39)/t28-,29+,32?/m1/s1. The first-order valence-corrected chi connectivity index (χ1v) is 13.8. The molecule has 2 aromatic carbocycles. The Bertz CT molecular complexity index is 1250. The van der Waals surface area contributed by atoms with Gasteiger partial charge >= 0.3 is 0 Å². The molecule has 216 valence electrons. The average molecular weight is 554 g/mol. The molecule has 40 heavy (non-hydrogen) atoms. The van der Waals surface area contributed by atoms with E-state index in [9.17, 15) is 23.5 Å². The largest absolute Gasteiger partial charge is 0.391 e. The second-order valence-corrected chi connectivity index (χ2v) is 11.2. The fourth-order valence-corrected chi connectivity index (χ4v) is 5.39. The van der Waals surface area contributed by atoms with Crippen LogP contribution >= 0.6 is 0 Å². The zero-order valence-corrected chi connectivity index (χ0v) is 23.8. The van der Waals surface area contributed by atoms with E-state index >= 15 is 0 Å². The Morgan fingerprint density at radius 1 is 1.05 bits per heavy atom. The zero-order valence-electron chi connectivity index (χ0n) is 23.8. The predicted octanol–water partition coefficient (Wildman–Crippen LogP) is 4.36. The number of carbonyl (C=O) groups excluding carboxylic acids is 2. The summed E-state index contributed by atoms with van der Waals surface area (Å²) in [5.41, 5.74) is 8.09. The molecule has 1 unspecified atom stereocenters. The summed E-state index contributed by atoms with van der Waals surface area (Å²) in [5, 5.41) is 17.7. The molecule has 2 amide bonds. The minimum atomic E-state index is -1.46. The van der Waals surface area contributed by atoms with Crippen LogP contribution in [0.5, 0.6) is 0 Å². The summed E-state index contributed by atoms with van der Waals surface area (Å²) in [4.78, 5) is 26.3. The van der Waals surface area contributed by atoms with E-state index in [4.69, 9.17) is 5.73 Å². The molecule has 3 atom stereocenters. The van der Waals surface area contributed by atoms with Crippen LogP contribution in [-0.2, 0) is 29.0 Å². The Morgan fingerprint density at radius 2 is 1.73 bits per heavy atom. The molecule has 5 N–H and O–H groups in total. The minimum absolute atomic E-state index is 0.0313. The predicted molar refractivity (Wildman–Crippen MR) is 153 cm³/mol. The minimum Gasteiger partial charge on any atom is -0.391 e. The summed E-state index contributed by atoms with van der Waals surface area (Å²) in [5.74, 6) is -3.19. The van der Waals surface area contributed by atoms with Gasteiger partial charge < -0.3 is 21.5 Å². The zero-order chi connectivity index (χ0) is 29.4. The molecule has 0 aliphatic heterocycles. The van der Waals surface area contributed by atoms with Crippen LogP contribution in [0, 0.1) is 28.9 Å². The van der Waals surface area contributed by atoms with Crippen LogP contribution in [0.3, 0.4) is 0 Å². The molecular formula is C32H41F2N3O3. The Hall–Kier alpha value is -3.36. The number of amides is 2. The fraction of sp³-hybridized carbons (Fsp3) is 0.438. The first kappa shape index (κ1) is 31.2. The van der Waals surface area contributed by atoms with E-state index in [0.29, 0.717) is 24.2 Å². The molecule has 8 heteroatoms. The number of hydrogen-bond donors (Lipinski definition) is 4. The molecule has 1 aliphatic rings. The van der Waals surface area contributed by atoms with Crippen molar-refractivity contribution in [1.29, 1.82) is 0 Å². The molecule has 0 fully saturated rings. The summed E-state index contributed by atoms with van der Waals surface area (Å²) in [6, 6.07) is 11.2. The summed E-state index contributed by atoms with van der Waals surface area (Å²) >= 11 is 0. The number of rotatable bonds is 13. The van der Waals surface area contributed by atoms with Crippen LogP contribution in [0.4, 0.5) is 8.78 Å². The molecule has 3 rings (SSSR count). The van der Waals surface area contributed by atoms with Gasteiger partial charge in [-0.25, -0.2) is 8.78 Å². The summed E-state index contributed by atoms with van der Waals surface area (Å²) in [6.07, 6.45) is 3.09. The van der Waals surface area contributed by atoms with Crippen molar-refractivity contribution in [2.75, 3.05) is 13.1 Å². The Balaban J connectivity index is 1.94. The van der Waals surface area contributed by atoms with Crippen LogP contribution < -0.4 is 16.4 Å². The van der Waals surface area contributed by atoms with Gasteiger partial charge in [0.05, 0.1) is 11.5 Å². The normalized spacial score (nSPS) is 18.6. The smallest absolute Gasteiger partial charge is 0.247 e. The highest BCUT2D eigenvalue weighted by Crippen LogP contribution is 2.44. The number of aliphatic hydroxyl groups excluding tert-OH is 1. The van der Waals surface area contributed by atoms with Crippen molar-refractivity contribution in [3.63, 3.8) is 0 Å². The maximum absolute atomic E-state index is 14.1. The quantitative estimate of drug-likeness (QED) is 0.296. The van der Waals surface area contributed by atoms with Gasteiger partial charge in [0.2, 0.25) is 11.8 Å². The van der Waals surface area contributed by atoms with Gasteiger partial charge in [0.15, 0.2) is 0 Å². The molecule has 0 saturated carbocycles. The number of primary amides is 1. The molecule has 0 bridgehead atoms. The number of carbonyl (C=O) groups is 2. The third-order valence-corrected chi connectivity index (χ3v) is 7.38. The first-order valence-electron chi connectivity index (χ1n) is 13.8. The Labute approximate surface area is 235 Å². The van der Waals surface area contributed by atoms with E-state index < -0.39 is 35.0 Å². The maximum Gasteiger partial charge on any atom is 0.247 e. The van der Waals surface area contributed by atoms with Crippen molar-refractivity contribution in [2.24, 2.45) is 23.0 Å². The molecule has 0 radical (unpaired) electrons. The fourth-order valence-electron chi connectivity index (χ4n) is 5.39. The van der Waals surface area contributed by atoms with Gasteiger partial charge in [0.1, 0.15) is 11.6 Å². The molecule has 2 aromatic rings. The summed E-state index contributed by atoms with van der Waals surface area (Å²) in [6.45, 7) is 8.82. The van der Waals surface area contributed by atoms with E-state index in [1.807, 2.05) is 32.0 Å². The lowest BCUT2D eigenvalue weighted by molar-refractivity contribution is -0.131. The maximum atomic E-state index is 14.1. The second kappa shape index (κ2) is 13.8. The number of nitrogens with two attached hydrogens (primary N) is 1. The van der Waals surface area contributed by atoms with Gasteiger partial charge in [-0.2, -0.15) is 0 Å². The van der Waals surface area contributed by atoms with Crippen LogP contribution in [0.25, 0.3) is 0 Å². The number of hydrogen-bond acceptors (Lipinski definition) is 4. The molecule has 6 nitrogen and oxygen atoms in total. The summed E-state index contributed by atoms with van der Waals surface area (Å²) < 4.78 is 28.3.